The average Bonchev–Trinajstić information content (AvgIpc) is 3.09. The topological polar surface area (TPSA) is 237 Å². The molecule has 14 heteroatoms. The van der Waals surface area contributed by atoms with E-state index in [4.69, 9.17) is 10.8 Å². The van der Waals surface area contributed by atoms with Crippen LogP contribution in [-0.4, -0.2) is 82.3 Å². The summed E-state index contributed by atoms with van der Waals surface area (Å²) in [6, 6.07) is 3.23. The first-order valence-corrected chi connectivity index (χ1v) is 17.4. The molecule has 1 fully saturated rings. The predicted molar refractivity (Wildman–Crippen MR) is 186 cm³/mol. The number of hydrogen-bond donors (Lipinski definition) is 8. The molecule has 1 aromatic rings. The third kappa shape index (κ3) is 13.3. The summed E-state index contributed by atoms with van der Waals surface area (Å²) in [5.41, 5.74) is 8.92. The largest absolute Gasteiger partial charge is 0.481 e. The summed E-state index contributed by atoms with van der Waals surface area (Å²) < 4.78 is 0. The lowest BCUT2D eigenvalue weighted by molar-refractivity contribution is -0.141. The molecule has 2 aliphatic rings. The van der Waals surface area contributed by atoms with Crippen molar-refractivity contribution in [2.45, 2.75) is 95.7 Å². The fraction of sp³-hybridized carbons (Fsp3) is 0.556. The highest BCUT2D eigenvalue weighted by molar-refractivity contribution is 5.89. The van der Waals surface area contributed by atoms with Gasteiger partial charge in [-0.3, -0.25) is 14.4 Å². The molecule has 9 N–H and O–H groups in total. The zero-order valence-corrected chi connectivity index (χ0v) is 28.6. The maximum atomic E-state index is 13.4. The third-order valence-corrected chi connectivity index (χ3v) is 9.25. The zero-order chi connectivity index (χ0) is 36.6. The molecule has 0 saturated heterocycles. The highest BCUT2D eigenvalue weighted by Gasteiger charge is 2.30. The Hall–Kier alpha value is -4.72. The molecule has 0 heterocycles. The Labute approximate surface area is 292 Å². The molecular formula is C36H51N5O9. The molecule has 0 aliphatic heterocycles. The number of nitrogens with one attached hydrogen (secondary N) is 4. The monoisotopic (exact) mass is 697 g/mol. The zero-order valence-electron chi connectivity index (χ0n) is 28.6. The van der Waals surface area contributed by atoms with E-state index >= 15 is 0 Å². The summed E-state index contributed by atoms with van der Waals surface area (Å²) >= 11 is 0. The third-order valence-electron chi connectivity index (χ3n) is 9.25. The van der Waals surface area contributed by atoms with Crippen molar-refractivity contribution < 1.29 is 44.1 Å². The molecule has 1 unspecified atom stereocenters. The van der Waals surface area contributed by atoms with Crippen molar-refractivity contribution in [3.8, 4) is 0 Å². The second-order valence-electron chi connectivity index (χ2n) is 13.3. The van der Waals surface area contributed by atoms with E-state index in [1.807, 2.05) is 24.3 Å². The van der Waals surface area contributed by atoms with Crippen LogP contribution in [0.3, 0.4) is 0 Å². The highest BCUT2D eigenvalue weighted by Crippen LogP contribution is 2.28. The molecule has 274 valence electrons. The number of amides is 4. The second-order valence-corrected chi connectivity index (χ2v) is 13.3. The Bertz CT molecular complexity index is 1400. The standard InChI is InChI=1S/C36H51N5O9/c1-22-5-4-6-27(19-22)25-12-8-23(9-13-25)20-30(39-32(44)26-14-10-24(21-37)11-15-26)33(45)38-18-3-2-7-28(34(46)47)40-36(50)41-29(35(48)49)16-17-31(42)43/h4,6,8-9,12-13,19,22,24,26,28-30H,2-3,5,7,10-11,14-18,20-21,37H2,1H3,(H,38,45)(H,39,44)(H,42,43)(H,46,47)(H,48,49)(H2,40,41,50)/t22?,24?,26?,28-,29-,30-/m0/s1. The van der Waals surface area contributed by atoms with E-state index in [2.05, 4.69) is 46.4 Å². The van der Waals surface area contributed by atoms with Gasteiger partial charge in [0.15, 0.2) is 0 Å². The van der Waals surface area contributed by atoms with Crippen LogP contribution in [0, 0.1) is 17.8 Å². The van der Waals surface area contributed by atoms with Gasteiger partial charge >= 0.3 is 23.9 Å². The lowest BCUT2D eigenvalue weighted by Crippen LogP contribution is -2.51. The molecule has 1 aromatic carbocycles. The van der Waals surface area contributed by atoms with Crippen LogP contribution in [-0.2, 0) is 30.4 Å². The summed E-state index contributed by atoms with van der Waals surface area (Å²) in [6.07, 6.45) is 10.8. The van der Waals surface area contributed by atoms with E-state index < -0.39 is 48.5 Å². The number of aliphatic carboxylic acids is 3. The Morgan fingerprint density at radius 2 is 1.48 bits per heavy atom. The summed E-state index contributed by atoms with van der Waals surface area (Å²) in [7, 11) is 0. The van der Waals surface area contributed by atoms with Crippen molar-refractivity contribution in [2.75, 3.05) is 13.1 Å². The summed E-state index contributed by atoms with van der Waals surface area (Å²) in [4.78, 5) is 72.8. The van der Waals surface area contributed by atoms with Gasteiger partial charge in [0.1, 0.15) is 18.1 Å². The van der Waals surface area contributed by atoms with Crippen LogP contribution in [0.4, 0.5) is 4.79 Å². The van der Waals surface area contributed by atoms with Gasteiger partial charge in [-0.25, -0.2) is 14.4 Å². The van der Waals surface area contributed by atoms with Crippen LogP contribution in [0.25, 0.3) is 5.57 Å². The van der Waals surface area contributed by atoms with Gasteiger partial charge in [0.25, 0.3) is 0 Å². The van der Waals surface area contributed by atoms with Crippen molar-refractivity contribution >= 4 is 41.3 Å². The molecule has 0 spiro atoms. The average molecular weight is 698 g/mol. The first-order chi connectivity index (χ1) is 23.9. The quantitative estimate of drug-likeness (QED) is 0.0984. The van der Waals surface area contributed by atoms with Gasteiger partial charge in [0, 0.05) is 25.3 Å². The number of unbranched alkanes of at least 4 members (excludes halogenated alkanes) is 1. The van der Waals surface area contributed by atoms with Gasteiger partial charge in [0.05, 0.1) is 0 Å². The van der Waals surface area contributed by atoms with Gasteiger partial charge < -0.3 is 42.3 Å². The fourth-order valence-electron chi connectivity index (χ4n) is 6.21. The van der Waals surface area contributed by atoms with Crippen LogP contribution in [0.15, 0.2) is 42.5 Å². The van der Waals surface area contributed by atoms with Crippen molar-refractivity contribution in [3.05, 3.63) is 53.6 Å². The molecule has 50 heavy (non-hydrogen) atoms. The minimum atomic E-state index is -1.50. The number of hydrogen-bond acceptors (Lipinski definition) is 7. The molecule has 0 bridgehead atoms. The van der Waals surface area contributed by atoms with Crippen LogP contribution in [0.2, 0.25) is 0 Å². The molecule has 2 aliphatic carbocycles. The van der Waals surface area contributed by atoms with Crippen molar-refractivity contribution in [2.24, 2.45) is 23.5 Å². The number of rotatable bonds is 19. The van der Waals surface area contributed by atoms with Gasteiger partial charge in [-0.05, 0) is 92.9 Å². The van der Waals surface area contributed by atoms with E-state index in [0.717, 1.165) is 36.0 Å². The van der Waals surface area contributed by atoms with Crippen LogP contribution >= 0.6 is 0 Å². The molecule has 14 nitrogen and oxygen atoms in total. The number of carboxylic acids is 3. The molecule has 0 aromatic heterocycles. The molecule has 4 atom stereocenters. The van der Waals surface area contributed by atoms with Crippen molar-refractivity contribution in [1.82, 2.24) is 21.3 Å². The minimum absolute atomic E-state index is 0.00608. The Balaban J connectivity index is 1.56. The van der Waals surface area contributed by atoms with Gasteiger partial charge in [-0.15, -0.1) is 0 Å². The molecule has 4 amide bonds. The highest BCUT2D eigenvalue weighted by atomic mass is 16.4. The van der Waals surface area contributed by atoms with Gasteiger partial charge in [-0.1, -0.05) is 49.4 Å². The van der Waals surface area contributed by atoms with Crippen LogP contribution in [0.5, 0.6) is 0 Å². The Kier molecular flexibility index (Phi) is 15.9. The Morgan fingerprint density at radius 1 is 0.840 bits per heavy atom. The number of carboxylic acid groups (broad SMARTS) is 3. The SMILES string of the molecule is CC1C=C(c2ccc(C[C@H](NC(=O)C3CCC(CN)CC3)C(=O)NCCCC[C@H](NC(=O)N[C@@H](CCC(=O)O)C(=O)O)C(=O)O)cc2)C=CC1. The molecule has 1 saturated carbocycles. The van der Waals surface area contributed by atoms with Gasteiger partial charge in [0.2, 0.25) is 11.8 Å². The van der Waals surface area contributed by atoms with E-state index in [9.17, 15) is 39.0 Å². The number of allylic oxidation sites excluding steroid dienone is 4. The number of carbonyl (C=O) groups is 6. The summed E-state index contributed by atoms with van der Waals surface area (Å²) in [5, 5.41) is 37.7. The predicted octanol–water partition coefficient (Wildman–Crippen LogP) is 2.82. The lowest BCUT2D eigenvalue weighted by atomic mass is 9.81. The maximum Gasteiger partial charge on any atom is 0.326 e. The Morgan fingerprint density at radius 3 is 2.06 bits per heavy atom. The fourth-order valence-corrected chi connectivity index (χ4v) is 6.21. The second kappa shape index (κ2) is 20.1. The maximum absolute atomic E-state index is 13.4. The molecule has 0 radical (unpaired) electrons. The van der Waals surface area contributed by atoms with Crippen LogP contribution in [0.1, 0.15) is 82.3 Å². The summed E-state index contributed by atoms with van der Waals surface area (Å²) in [6.45, 7) is 2.95. The lowest BCUT2D eigenvalue weighted by Gasteiger charge is -2.28. The van der Waals surface area contributed by atoms with Crippen molar-refractivity contribution in [1.29, 1.82) is 0 Å². The summed E-state index contributed by atoms with van der Waals surface area (Å²) in [5.74, 6) is -3.87. The normalized spacial score (nSPS) is 20.4. The molecular weight excluding hydrogens is 646 g/mol. The first-order valence-electron chi connectivity index (χ1n) is 17.4. The first kappa shape index (κ1) is 39.7. The number of benzene rings is 1. The molecule has 3 rings (SSSR count). The minimum Gasteiger partial charge on any atom is -0.481 e. The number of nitrogens with two attached hydrogens (primary N) is 1. The van der Waals surface area contributed by atoms with E-state index in [0.29, 0.717) is 44.1 Å². The van der Waals surface area contributed by atoms with Gasteiger partial charge in [-0.2, -0.15) is 0 Å². The van der Waals surface area contributed by atoms with E-state index in [1.165, 1.54) is 0 Å². The van der Waals surface area contributed by atoms with Crippen LogP contribution < -0.4 is 27.0 Å². The van der Waals surface area contributed by atoms with E-state index in [1.54, 1.807) is 0 Å². The van der Waals surface area contributed by atoms with Crippen molar-refractivity contribution in [3.63, 3.8) is 0 Å². The number of carbonyl (C=O) groups excluding carboxylic acids is 3. The van der Waals surface area contributed by atoms with E-state index in [-0.39, 0.29) is 43.5 Å². The number of urea groups is 1. The smallest absolute Gasteiger partial charge is 0.326 e.